The minimum absolute atomic E-state index is 0.00782. The summed E-state index contributed by atoms with van der Waals surface area (Å²) in [5.41, 5.74) is 0.609. The first kappa shape index (κ1) is 9.05. The number of carboxylic acid groups (broad SMARTS) is 1. The van der Waals surface area contributed by atoms with Gasteiger partial charge < -0.3 is 14.4 Å². The van der Waals surface area contributed by atoms with Crippen molar-refractivity contribution in [1.29, 1.82) is 0 Å². The van der Waals surface area contributed by atoms with Crippen LogP contribution in [0.3, 0.4) is 0 Å². The van der Waals surface area contributed by atoms with Gasteiger partial charge in [-0.2, -0.15) is 0 Å². The van der Waals surface area contributed by atoms with Gasteiger partial charge in [-0.05, 0) is 18.8 Å². The van der Waals surface area contributed by atoms with Crippen LogP contribution in [-0.4, -0.2) is 23.3 Å². The highest BCUT2D eigenvalue weighted by molar-refractivity contribution is 5.87. The summed E-state index contributed by atoms with van der Waals surface area (Å²) >= 11 is 0. The average Bonchev–Trinajstić information content (AvgIpc) is 2.45. The topological polar surface area (TPSA) is 72.6 Å². The van der Waals surface area contributed by atoms with Crippen molar-refractivity contribution in [2.45, 2.75) is 25.2 Å². The summed E-state index contributed by atoms with van der Waals surface area (Å²) in [6.45, 7) is 0. The Bertz CT molecular complexity index is 354. The Kier molecular flexibility index (Phi) is 2.15. The van der Waals surface area contributed by atoms with Gasteiger partial charge in [-0.3, -0.25) is 0 Å². The smallest absolute Gasteiger partial charge is 0.358 e. The molecule has 1 fully saturated rings. The van der Waals surface area contributed by atoms with Gasteiger partial charge in [0.1, 0.15) is 0 Å². The summed E-state index contributed by atoms with van der Waals surface area (Å²) in [6, 6.07) is 0. The molecule has 76 valence electrons. The lowest BCUT2D eigenvalue weighted by Gasteiger charge is -2.24. The van der Waals surface area contributed by atoms with Gasteiger partial charge >= 0.3 is 11.9 Å². The van der Waals surface area contributed by atoms with E-state index in [0.29, 0.717) is 5.56 Å². The molecular formula is C9H11NO4. The first-order chi connectivity index (χ1) is 6.74. The molecule has 0 bridgehead atoms. The lowest BCUT2D eigenvalue weighted by molar-refractivity contribution is 0.0683. The molecule has 0 saturated heterocycles. The van der Waals surface area contributed by atoms with Crippen LogP contribution < -0.4 is 4.74 Å². The van der Waals surface area contributed by atoms with E-state index in [4.69, 9.17) is 14.4 Å². The fourth-order valence-corrected chi connectivity index (χ4v) is 1.64. The van der Waals surface area contributed by atoms with E-state index >= 15 is 0 Å². The van der Waals surface area contributed by atoms with E-state index in [1.54, 1.807) is 0 Å². The number of hydrogen-bond acceptors (Lipinski definition) is 4. The molecule has 0 aliphatic heterocycles. The molecule has 0 spiro atoms. The molecule has 5 heteroatoms. The van der Waals surface area contributed by atoms with Gasteiger partial charge in [-0.25, -0.2) is 4.79 Å². The predicted molar refractivity (Wildman–Crippen MR) is 46.6 cm³/mol. The van der Waals surface area contributed by atoms with Gasteiger partial charge in [0.25, 0.3) is 0 Å². The van der Waals surface area contributed by atoms with Crippen LogP contribution in [-0.2, 0) is 0 Å². The number of nitrogens with zero attached hydrogens (tertiary/aromatic N) is 1. The van der Waals surface area contributed by atoms with Gasteiger partial charge in [0.05, 0.1) is 12.7 Å². The maximum absolute atomic E-state index is 10.8. The van der Waals surface area contributed by atoms with E-state index < -0.39 is 5.97 Å². The van der Waals surface area contributed by atoms with Crippen molar-refractivity contribution < 1.29 is 19.2 Å². The zero-order valence-corrected chi connectivity index (χ0v) is 7.82. The second kappa shape index (κ2) is 3.32. The normalized spacial score (nSPS) is 16.4. The Morgan fingerprint density at radius 2 is 2.36 bits per heavy atom. The molecule has 0 atom stereocenters. The maximum atomic E-state index is 10.8. The van der Waals surface area contributed by atoms with Crippen molar-refractivity contribution in [3.63, 3.8) is 0 Å². The molecule has 1 N–H and O–H groups in total. The van der Waals surface area contributed by atoms with Crippen LogP contribution in [0.15, 0.2) is 4.52 Å². The number of carboxylic acids is 1. The number of ether oxygens (including phenoxy) is 1. The number of aromatic carboxylic acids is 1. The summed E-state index contributed by atoms with van der Waals surface area (Å²) < 4.78 is 9.75. The third kappa shape index (κ3) is 1.25. The van der Waals surface area contributed by atoms with E-state index in [1.807, 2.05) is 0 Å². The van der Waals surface area contributed by atoms with Crippen molar-refractivity contribution in [2.24, 2.45) is 0 Å². The Morgan fingerprint density at radius 1 is 1.64 bits per heavy atom. The first-order valence-corrected chi connectivity index (χ1v) is 4.51. The fraction of sp³-hybridized carbons (Fsp3) is 0.556. The Hall–Kier alpha value is -1.52. The van der Waals surface area contributed by atoms with E-state index in [9.17, 15) is 4.79 Å². The molecule has 0 amide bonds. The van der Waals surface area contributed by atoms with Crippen LogP contribution >= 0.6 is 0 Å². The van der Waals surface area contributed by atoms with Crippen LogP contribution in [0.2, 0.25) is 0 Å². The quantitative estimate of drug-likeness (QED) is 0.797. The van der Waals surface area contributed by atoms with Crippen molar-refractivity contribution in [1.82, 2.24) is 5.16 Å². The number of hydrogen-bond donors (Lipinski definition) is 1. The van der Waals surface area contributed by atoms with Gasteiger partial charge in [0, 0.05) is 0 Å². The molecule has 1 heterocycles. The second-order valence-corrected chi connectivity index (χ2v) is 3.37. The van der Waals surface area contributed by atoms with Gasteiger partial charge in [0.15, 0.2) is 5.69 Å². The largest absolute Gasteiger partial charge is 0.476 e. The van der Waals surface area contributed by atoms with Crippen LogP contribution in [0, 0.1) is 0 Å². The second-order valence-electron chi connectivity index (χ2n) is 3.37. The molecule has 1 aliphatic rings. The van der Waals surface area contributed by atoms with E-state index in [1.165, 1.54) is 7.11 Å². The van der Waals surface area contributed by atoms with Gasteiger partial charge in [0.2, 0.25) is 0 Å². The predicted octanol–water partition coefficient (Wildman–Crippen LogP) is 1.65. The van der Waals surface area contributed by atoms with Gasteiger partial charge in [-0.15, -0.1) is 0 Å². The third-order valence-corrected chi connectivity index (χ3v) is 2.60. The molecule has 1 aliphatic carbocycles. The first-order valence-electron chi connectivity index (χ1n) is 4.51. The minimum atomic E-state index is -1.06. The number of carbonyl (C=O) groups is 1. The zero-order valence-electron chi connectivity index (χ0n) is 7.82. The van der Waals surface area contributed by atoms with E-state index in [0.717, 1.165) is 19.3 Å². The summed E-state index contributed by atoms with van der Waals surface area (Å²) in [6.07, 6.45) is 3.09. The highest BCUT2D eigenvalue weighted by Gasteiger charge is 2.32. The SMILES string of the molecule is COc1onc(C(=O)O)c1C1CCC1. The lowest BCUT2D eigenvalue weighted by atomic mass is 9.80. The molecule has 0 aromatic carbocycles. The highest BCUT2D eigenvalue weighted by Crippen LogP contribution is 2.42. The van der Waals surface area contributed by atoms with Crippen molar-refractivity contribution in [3.05, 3.63) is 11.3 Å². The zero-order chi connectivity index (χ0) is 10.1. The number of methoxy groups -OCH3 is 1. The highest BCUT2D eigenvalue weighted by atomic mass is 16.6. The Morgan fingerprint density at radius 3 is 2.79 bits per heavy atom. The molecule has 1 aromatic heterocycles. The minimum Gasteiger partial charge on any atom is -0.476 e. The summed E-state index contributed by atoms with van der Waals surface area (Å²) in [4.78, 5) is 10.8. The summed E-state index contributed by atoms with van der Waals surface area (Å²) in [5.74, 6) is -0.576. The van der Waals surface area contributed by atoms with E-state index in [2.05, 4.69) is 5.16 Å². The number of aromatic nitrogens is 1. The molecule has 5 nitrogen and oxygen atoms in total. The molecule has 2 rings (SSSR count). The Balaban J connectivity index is 2.40. The van der Waals surface area contributed by atoms with Crippen molar-refractivity contribution >= 4 is 5.97 Å². The van der Waals surface area contributed by atoms with Crippen molar-refractivity contribution in [2.75, 3.05) is 7.11 Å². The van der Waals surface area contributed by atoms with Crippen LogP contribution in [0.4, 0.5) is 0 Å². The van der Waals surface area contributed by atoms with E-state index in [-0.39, 0.29) is 17.6 Å². The molecule has 14 heavy (non-hydrogen) atoms. The molecule has 1 aromatic rings. The monoisotopic (exact) mass is 197 g/mol. The van der Waals surface area contributed by atoms with Crippen LogP contribution in [0.5, 0.6) is 5.95 Å². The standard InChI is InChI=1S/C9H11NO4/c1-13-9-6(5-3-2-4-5)7(8(11)12)10-14-9/h5H,2-4H2,1H3,(H,11,12). The third-order valence-electron chi connectivity index (χ3n) is 2.60. The Labute approximate surface area is 80.6 Å². The summed E-state index contributed by atoms with van der Waals surface area (Å²) in [5, 5.41) is 12.4. The van der Waals surface area contributed by atoms with Crippen molar-refractivity contribution in [3.8, 4) is 5.95 Å². The average molecular weight is 197 g/mol. The van der Waals surface area contributed by atoms with Crippen LogP contribution in [0.1, 0.15) is 41.2 Å². The molecule has 1 saturated carbocycles. The maximum Gasteiger partial charge on any atom is 0.358 e. The lowest BCUT2D eigenvalue weighted by Crippen LogP contribution is -2.13. The number of rotatable bonds is 3. The molecule has 0 unspecified atom stereocenters. The molecular weight excluding hydrogens is 186 g/mol. The van der Waals surface area contributed by atoms with Crippen LogP contribution in [0.25, 0.3) is 0 Å². The fourth-order valence-electron chi connectivity index (χ4n) is 1.64. The van der Waals surface area contributed by atoms with Gasteiger partial charge in [-0.1, -0.05) is 11.6 Å². The molecule has 0 radical (unpaired) electrons. The summed E-state index contributed by atoms with van der Waals surface area (Å²) in [7, 11) is 1.45.